The van der Waals surface area contributed by atoms with Gasteiger partial charge in [0, 0.05) is 38.3 Å². The molecule has 0 bridgehead atoms. The third-order valence-corrected chi connectivity index (χ3v) is 4.35. The maximum absolute atomic E-state index is 12.6. The van der Waals surface area contributed by atoms with Crippen LogP contribution < -0.4 is 5.32 Å². The van der Waals surface area contributed by atoms with Gasteiger partial charge in [-0.05, 0) is 37.0 Å². The minimum absolute atomic E-state index is 0.0650. The van der Waals surface area contributed by atoms with E-state index in [1.807, 2.05) is 31.1 Å². The Morgan fingerprint density at radius 3 is 3.09 bits per heavy atom. The average molecular weight is 314 g/mol. The molecule has 1 aliphatic heterocycles. The zero-order chi connectivity index (χ0) is 16.2. The van der Waals surface area contributed by atoms with Crippen LogP contribution in [0.5, 0.6) is 0 Å². The van der Waals surface area contributed by atoms with Gasteiger partial charge in [-0.1, -0.05) is 12.1 Å². The number of aryl methyl sites for hydroxylation is 1. The molecule has 0 aromatic carbocycles. The molecule has 0 radical (unpaired) electrons. The lowest BCUT2D eigenvalue weighted by molar-refractivity contribution is 0.0665. The Kier molecular flexibility index (Phi) is 4.60. The van der Waals surface area contributed by atoms with Crippen LogP contribution >= 0.6 is 0 Å². The molecule has 6 heteroatoms. The number of carbonyl (C=O) groups excluding carboxylic acids is 1. The minimum Gasteiger partial charge on any atom is -0.373 e. The maximum Gasteiger partial charge on any atom is 0.292 e. The van der Waals surface area contributed by atoms with Crippen molar-refractivity contribution in [2.45, 2.75) is 32.1 Å². The van der Waals surface area contributed by atoms with Crippen molar-refractivity contribution in [3.05, 3.63) is 41.4 Å². The second-order valence-electron chi connectivity index (χ2n) is 5.85. The summed E-state index contributed by atoms with van der Waals surface area (Å²) in [4.78, 5) is 18.7. The first-order valence-corrected chi connectivity index (χ1v) is 8.09. The van der Waals surface area contributed by atoms with Gasteiger partial charge in [-0.3, -0.25) is 4.79 Å². The first kappa shape index (κ1) is 15.5. The fraction of sp³-hybridized carbons (Fsp3) is 0.471. The second kappa shape index (κ2) is 6.81. The van der Waals surface area contributed by atoms with Gasteiger partial charge in [0.25, 0.3) is 5.91 Å². The summed E-state index contributed by atoms with van der Waals surface area (Å²) in [6.45, 7) is 3.46. The predicted molar refractivity (Wildman–Crippen MR) is 87.5 cm³/mol. The first-order chi connectivity index (χ1) is 11.2. The van der Waals surface area contributed by atoms with Gasteiger partial charge in [0.15, 0.2) is 0 Å². The van der Waals surface area contributed by atoms with Gasteiger partial charge in [-0.15, -0.1) is 0 Å². The Labute approximate surface area is 135 Å². The van der Waals surface area contributed by atoms with Crippen molar-refractivity contribution >= 4 is 11.7 Å². The van der Waals surface area contributed by atoms with Crippen LogP contribution in [0.25, 0.3) is 0 Å². The highest BCUT2D eigenvalue weighted by molar-refractivity contribution is 5.91. The molecule has 0 spiro atoms. The topological polar surface area (TPSA) is 71.3 Å². The van der Waals surface area contributed by atoms with Crippen LogP contribution in [-0.4, -0.2) is 41.1 Å². The molecule has 3 rings (SSSR count). The van der Waals surface area contributed by atoms with Crippen molar-refractivity contribution in [3.63, 3.8) is 0 Å². The van der Waals surface area contributed by atoms with E-state index in [2.05, 4.69) is 21.5 Å². The van der Waals surface area contributed by atoms with Crippen LogP contribution in [-0.2, 0) is 6.42 Å². The van der Waals surface area contributed by atoms with Crippen molar-refractivity contribution in [1.82, 2.24) is 15.0 Å². The summed E-state index contributed by atoms with van der Waals surface area (Å²) in [5.41, 5.74) is 2.03. The number of aromatic nitrogens is 2. The summed E-state index contributed by atoms with van der Waals surface area (Å²) in [5.74, 6) is 1.46. The lowest BCUT2D eigenvalue weighted by atomic mass is 9.91. The fourth-order valence-electron chi connectivity index (χ4n) is 3.01. The minimum atomic E-state index is -0.0650. The Balaban J connectivity index is 1.73. The number of nitrogens with zero attached hydrogens (tertiary/aromatic N) is 3. The highest BCUT2D eigenvalue weighted by Crippen LogP contribution is 2.28. The quantitative estimate of drug-likeness (QED) is 0.939. The van der Waals surface area contributed by atoms with Gasteiger partial charge in [0.2, 0.25) is 5.76 Å². The molecule has 2 aromatic rings. The van der Waals surface area contributed by atoms with Crippen LogP contribution in [0.4, 0.5) is 5.82 Å². The largest absolute Gasteiger partial charge is 0.373 e. The van der Waals surface area contributed by atoms with E-state index in [1.54, 1.807) is 6.07 Å². The third kappa shape index (κ3) is 3.36. The molecule has 2 aromatic heterocycles. The SMILES string of the molecule is CCc1cc(C(=O)N2CCC[C@@H](c3ccnc(NC)c3)C2)on1. The molecule has 1 amide bonds. The number of hydrogen-bond donors (Lipinski definition) is 1. The number of rotatable bonds is 4. The normalized spacial score (nSPS) is 18.0. The van der Waals surface area contributed by atoms with Crippen molar-refractivity contribution < 1.29 is 9.32 Å². The zero-order valence-corrected chi connectivity index (χ0v) is 13.6. The Bertz CT molecular complexity index is 683. The molecule has 1 saturated heterocycles. The van der Waals surface area contributed by atoms with E-state index in [4.69, 9.17) is 4.52 Å². The number of anilines is 1. The summed E-state index contributed by atoms with van der Waals surface area (Å²) in [6, 6.07) is 5.84. The zero-order valence-electron chi connectivity index (χ0n) is 13.6. The van der Waals surface area contributed by atoms with Crippen molar-refractivity contribution in [2.24, 2.45) is 0 Å². The van der Waals surface area contributed by atoms with E-state index >= 15 is 0 Å². The molecular formula is C17H22N4O2. The van der Waals surface area contributed by atoms with Crippen LogP contribution in [0.3, 0.4) is 0 Å². The smallest absolute Gasteiger partial charge is 0.292 e. The molecule has 23 heavy (non-hydrogen) atoms. The molecule has 1 fully saturated rings. The molecule has 1 aliphatic rings. The molecule has 0 aliphatic carbocycles. The van der Waals surface area contributed by atoms with E-state index in [0.29, 0.717) is 18.2 Å². The van der Waals surface area contributed by atoms with Gasteiger partial charge < -0.3 is 14.7 Å². The molecule has 1 atom stereocenters. The molecule has 3 heterocycles. The van der Waals surface area contributed by atoms with Gasteiger partial charge in [0.05, 0.1) is 5.69 Å². The highest BCUT2D eigenvalue weighted by atomic mass is 16.5. The van der Waals surface area contributed by atoms with Crippen LogP contribution in [0.2, 0.25) is 0 Å². The van der Waals surface area contributed by atoms with E-state index in [1.165, 1.54) is 5.56 Å². The number of pyridine rings is 1. The maximum atomic E-state index is 12.6. The van der Waals surface area contributed by atoms with Gasteiger partial charge in [-0.25, -0.2) is 4.98 Å². The lowest BCUT2D eigenvalue weighted by Gasteiger charge is -2.32. The predicted octanol–water partition coefficient (Wildman–Crippen LogP) is 2.69. The van der Waals surface area contributed by atoms with Crippen molar-refractivity contribution in [3.8, 4) is 0 Å². The second-order valence-corrected chi connectivity index (χ2v) is 5.85. The average Bonchev–Trinajstić information content (AvgIpc) is 3.10. The van der Waals surface area contributed by atoms with Gasteiger partial charge >= 0.3 is 0 Å². The Morgan fingerprint density at radius 1 is 1.48 bits per heavy atom. The highest BCUT2D eigenvalue weighted by Gasteiger charge is 2.27. The van der Waals surface area contributed by atoms with E-state index in [0.717, 1.165) is 37.3 Å². The van der Waals surface area contributed by atoms with E-state index in [9.17, 15) is 4.79 Å². The summed E-state index contributed by atoms with van der Waals surface area (Å²) in [7, 11) is 1.86. The number of hydrogen-bond acceptors (Lipinski definition) is 5. The monoisotopic (exact) mass is 314 g/mol. The van der Waals surface area contributed by atoms with Crippen LogP contribution in [0.1, 0.15) is 47.5 Å². The van der Waals surface area contributed by atoms with E-state index in [-0.39, 0.29) is 5.91 Å². The molecule has 0 saturated carbocycles. The van der Waals surface area contributed by atoms with Gasteiger partial charge in [0.1, 0.15) is 5.82 Å². The fourth-order valence-corrected chi connectivity index (χ4v) is 3.01. The standard InChI is InChI=1S/C17H22N4O2/c1-3-14-10-15(23-20-14)17(22)21-8-4-5-13(11-21)12-6-7-19-16(9-12)18-2/h6-7,9-10,13H,3-5,8,11H2,1-2H3,(H,18,19)/t13-/m1/s1. The summed E-state index contributed by atoms with van der Waals surface area (Å²) >= 11 is 0. The van der Waals surface area contributed by atoms with Crippen LogP contribution in [0.15, 0.2) is 28.9 Å². The molecule has 122 valence electrons. The molecule has 1 N–H and O–H groups in total. The van der Waals surface area contributed by atoms with Gasteiger partial charge in [-0.2, -0.15) is 0 Å². The van der Waals surface area contributed by atoms with Crippen molar-refractivity contribution in [1.29, 1.82) is 0 Å². The number of nitrogens with one attached hydrogen (secondary N) is 1. The first-order valence-electron chi connectivity index (χ1n) is 8.09. The molecular weight excluding hydrogens is 292 g/mol. The number of piperidine rings is 1. The van der Waals surface area contributed by atoms with Crippen molar-refractivity contribution in [2.75, 3.05) is 25.5 Å². The number of likely N-dealkylation sites (tertiary alicyclic amines) is 1. The van der Waals surface area contributed by atoms with Crippen LogP contribution in [0, 0.1) is 0 Å². The molecule has 6 nitrogen and oxygen atoms in total. The Morgan fingerprint density at radius 2 is 2.35 bits per heavy atom. The summed E-state index contributed by atoms with van der Waals surface area (Å²) in [6.07, 6.45) is 4.64. The number of carbonyl (C=O) groups is 1. The molecule has 0 unspecified atom stereocenters. The van der Waals surface area contributed by atoms with E-state index < -0.39 is 0 Å². The lowest BCUT2D eigenvalue weighted by Crippen LogP contribution is -2.39. The summed E-state index contributed by atoms with van der Waals surface area (Å²) in [5, 5.41) is 6.97. The summed E-state index contributed by atoms with van der Waals surface area (Å²) < 4.78 is 5.19. The number of amides is 1. The third-order valence-electron chi connectivity index (χ3n) is 4.35. The Hall–Kier alpha value is -2.37.